The second-order valence-corrected chi connectivity index (χ2v) is 3.03. The topological polar surface area (TPSA) is 65.0 Å². The second kappa shape index (κ2) is 3.28. The molecule has 0 aromatic rings. The molecule has 0 radical (unpaired) electrons. The molecule has 1 rings (SSSR count). The van der Waals surface area contributed by atoms with Crippen LogP contribution in [0.4, 0.5) is 4.79 Å². The van der Waals surface area contributed by atoms with Crippen LogP contribution in [0.1, 0.15) is 13.8 Å². The lowest BCUT2D eigenvalue weighted by molar-refractivity contribution is -0.273. The van der Waals surface area contributed by atoms with E-state index < -0.39 is 18.0 Å². The molecule has 0 aromatic heterocycles. The van der Waals surface area contributed by atoms with Crippen molar-refractivity contribution in [2.24, 2.45) is 0 Å². The summed E-state index contributed by atoms with van der Waals surface area (Å²) in [4.78, 5) is 10.1. The Bertz CT molecular complexity index is 167. The maximum Gasteiger partial charge on any atom is 0.506 e. The number of carbonyl (C=O) groups is 1. The smallest absolute Gasteiger partial charge is 0.450 e. The fourth-order valence-corrected chi connectivity index (χ4v) is 0.888. The first kappa shape index (κ1) is 9.28. The van der Waals surface area contributed by atoms with E-state index in [2.05, 4.69) is 4.74 Å². The molecule has 0 bridgehead atoms. The Morgan fingerprint density at radius 2 is 2.00 bits per heavy atom. The zero-order valence-corrected chi connectivity index (χ0v) is 7.07. The van der Waals surface area contributed by atoms with Gasteiger partial charge in [0.2, 0.25) is 0 Å². The van der Waals surface area contributed by atoms with Crippen LogP contribution >= 0.6 is 0 Å². The van der Waals surface area contributed by atoms with Crippen LogP contribution in [-0.4, -0.2) is 36.4 Å². The fraction of sp³-hybridized carbons (Fsp3) is 0.857. The van der Waals surface area contributed by atoms with Gasteiger partial charge in [-0.1, -0.05) is 0 Å². The maximum atomic E-state index is 10.1. The van der Waals surface area contributed by atoms with E-state index in [4.69, 9.17) is 14.6 Å². The SMILES string of the molecule is CC1(C)OCC(OC(=O)O)CO1. The number of hydrogen-bond donors (Lipinski definition) is 1. The van der Waals surface area contributed by atoms with Crippen molar-refractivity contribution in [2.45, 2.75) is 25.7 Å². The highest BCUT2D eigenvalue weighted by molar-refractivity contribution is 5.57. The normalized spacial score (nSPS) is 23.5. The van der Waals surface area contributed by atoms with Gasteiger partial charge in [0.15, 0.2) is 11.9 Å². The Morgan fingerprint density at radius 3 is 2.42 bits per heavy atom. The highest BCUT2D eigenvalue weighted by Crippen LogP contribution is 2.18. The van der Waals surface area contributed by atoms with Gasteiger partial charge < -0.3 is 19.3 Å². The first-order valence-corrected chi connectivity index (χ1v) is 3.67. The minimum absolute atomic E-state index is 0.249. The van der Waals surface area contributed by atoms with Crippen molar-refractivity contribution in [1.82, 2.24) is 0 Å². The molecule has 1 fully saturated rings. The zero-order chi connectivity index (χ0) is 9.19. The molecule has 1 N–H and O–H groups in total. The van der Waals surface area contributed by atoms with Gasteiger partial charge in [-0.05, 0) is 13.8 Å². The molecule has 12 heavy (non-hydrogen) atoms. The standard InChI is InChI=1S/C7H12O5/c1-7(2)10-3-5(4-11-7)12-6(8)9/h5H,3-4H2,1-2H3,(H,8,9). The van der Waals surface area contributed by atoms with Crippen LogP contribution in [0, 0.1) is 0 Å². The molecule has 0 atom stereocenters. The van der Waals surface area contributed by atoms with E-state index in [1.807, 2.05) is 0 Å². The number of rotatable bonds is 1. The highest BCUT2D eigenvalue weighted by atomic mass is 16.7. The van der Waals surface area contributed by atoms with Crippen molar-refractivity contribution >= 4 is 6.16 Å². The van der Waals surface area contributed by atoms with Crippen LogP contribution in [0.3, 0.4) is 0 Å². The summed E-state index contributed by atoms with van der Waals surface area (Å²) >= 11 is 0. The lowest BCUT2D eigenvalue weighted by Gasteiger charge is -2.33. The Balaban J connectivity index is 2.31. The average molecular weight is 176 g/mol. The second-order valence-electron chi connectivity index (χ2n) is 3.03. The summed E-state index contributed by atoms with van der Waals surface area (Å²) in [6, 6.07) is 0. The number of ether oxygens (including phenoxy) is 3. The lowest BCUT2D eigenvalue weighted by Crippen LogP contribution is -2.43. The first-order valence-electron chi connectivity index (χ1n) is 3.67. The minimum atomic E-state index is -1.30. The molecule has 1 saturated heterocycles. The molecule has 0 unspecified atom stereocenters. The molecular formula is C7H12O5. The van der Waals surface area contributed by atoms with Gasteiger partial charge in [0.05, 0.1) is 13.2 Å². The van der Waals surface area contributed by atoms with E-state index >= 15 is 0 Å². The quantitative estimate of drug-likeness (QED) is 0.599. The summed E-state index contributed by atoms with van der Waals surface area (Å²) < 4.78 is 14.8. The van der Waals surface area contributed by atoms with E-state index in [1.165, 1.54) is 0 Å². The highest BCUT2D eigenvalue weighted by Gasteiger charge is 2.30. The Kier molecular flexibility index (Phi) is 2.54. The third-order valence-corrected chi connectivity index (χ3v) is 1.50. The molecule has 1 heterocycles. The van der Waals surface area contributed by atoms with Crippen LogP contribution in [0.5, 0.6) is 0 Å². The predicted molar refractivity (Wildman–Crippen MR) is 38.9 cm³/mol. The molecule has 5 heteroatoms. The molecular weight excluding hydrogens is 164 g/mol. The van der Waals surface area contributed by atoms with Crippen LogP contribution in [0.15, 0.2) is 0 Å². The first-order chi connectivity index (χ1) is 5.49. The lowest BCUT2D eigenvalue weighted by atomic mass is 10.3. The van der Waals surface area contributed by atoms with Crippen molar-refractivity contribution in [1.29, 1.82) is 0 Å². The van der Waals surface area contributed by atoms with Crippen LogP contribution in [-0.2, 0) is 14.2 Å². The van der Waals surface area contributed by atoms with Crippen molar-refractivity contribution < 1.29 is 24.1 Å². The molecule has 1 aliphatic rings. The molecule has 0 aliphatic carbocycles. The van der Waals surface area contributed by atoms with Crippen molar-refractivity contribution in [2.75, 3.05) is 13.2 Å². The zero-order valence-electron chi connectivity index (χ0n) is 7.07. The van der Waals surface area contributed by atoms with Gasteiger partial charge in [-0.2, -0.15) is 0 Å². The van der Waals surface area contributed by atoms with Gasteiger partial charge in [-0.25, -0.2) is 4.79 Å². The van der Waals surface area contributed by atoms with Crippen LogP contribution in [0.25, 0.3) is 0 Å². The van der Waals surface area contributed by atoms with Crippen molar-refractivity contribution in [3.63, 3.8) is 0 Å². The molecule has 0 saturated carbocycles. The monoisotopic (exact) mass is 176 g/mol. The molecule has 0 spiro atoms. The molecule has 0 amide bonds. The van der Waals surface area contributed by atoms with Gasteiger partial charge in [-0.15, -0.1) is 0 Å². The van der Waals surface area contributed by atoms with Gasteiger partial charge in [0.1, 0.15) is 0 Å². The predicted octanol–water partition coefficient (Wildman–Crippen LogP) is 0.833. The van der Waals surface area contributed by atoms with Gasteiger partial charge in [0, 0.05) is 0 Å². The Labute approximate surface area is 70.2 Å². The third kappa shape index (κ3) is 2.67. The third-order valence-electron chi connectivity index (χ3n) is 1.50. The maximum absolute atomic E-state index is 10.1. The largest absolute Gasteiger partial charge is 0.506 e. The fourth-order valence-electron chi connectivity index (χ4n) is 0.888. The summed E-state index contributed by atoms with van der Waals surface area (Å²) in [5.74, 6) is -0.627. The summed E-state index contributed by atoms with van der Waals surface area (Å²) in [7, 11) is 0. The van der Waals surface area contributed by atoms with Crippen molar-refractivity contribution in [3.05, 3.63) is 0 Å². The minimum Gasteiger partial charge on any atom is -0.450 e. The Hall–Kier alpha value is -0.810. The van der Waals surface area contributed by atoms with E-state index in [-0.39, 0.29) is 13.2 Å². The summed E-state index contributed by atoms with van der Waals surface area (Å²) in [5, 5.41) is 8.26. The molecule has 1 aliphatic heterocycles. The van der Waals surface area contributed by atoms with Crippen LogP contribution in [0.2, 0.25) is 0 Å². The summed E-state index contributed by atoms with van der Waals surface area (Å²) in [6.07, 6.45) is -1.80. The van der Waals surface area contributed by atoms with E-state index in [9.17, 15) is 4.79 Å². The van der Waals surface area contributed by atoms with Gasteiger partial charge in [-0.3, -0.25) is 0 Å². The van der Waals surface area contributed by atoms with E-state index in [0.717, 1.165) is 0 Å². The number of carboxylic acid groups (broad SMARTS) is 1. The van der Waals surface area contributed by atoms with E-state index in [0.29, 0.717) is 0 Å². The Morgan fingerprint density at radius 1 is 1.50 bits per heavy atom. The van der Waals surface area contributed by atoms with Gasteiger partial charge in [0.25, 0.3) is 0 Å². The number of hydrogen-bond acceptors (Lipinski definition) is 4. The average Bonchev–Trinajstić information content (AvgIpc) is 1.93. The van der Waals surface area contributed by atoms with Crippen molar-refractivity contribution in [3.8, 4) is 0 Å². The van der Waals surface area contributed by atoms with Crippen LogP contribution < -0.4 is 0 Å². The van der Waals surface area contributed by atoms with Gasteiger partial charge >= 0.3 is 6.16 Å². The molecule has 70 valence electrons. The van der Waals surface area contributed by atoms with E-state index in [1.54, 1.807) is 13.8 Å². The molecule has 5 nitrogen and oxygen atoms in total. The molecule has 0 aromatic carbocycles. The summed E-state index contributed by atoms with van der Waals surface area (Å²) in [5.41, 5.74) is 0. The summed E-state index contributed by atoms with van der Waals surface area (Å²) in [6.45, 7) is 4.03.